The zero-order chi connectivity index (χ0) is 13.0. The molecule has 3 nitrogen and oxygen atoms in total. The number of aromatic nitrogens is 2. The minimum atomic E-state index is 0.233. The predicted octanol–water partition coefficient (Wildman–Crippen LogP) is 4.41. The molecular formula is C13H19Cl2N3. The van der Waals surface area contributed by atoms with Crippen molar-refractivity contribution in [3.8, 4) is 0 Å². The van der Waals surface area contributed by atoms with Gasteiger partial charge in [0.25, 0.3) is 0 Å². The number of rotatable bonds is 4. The molecule has 0 radical (unpaired) electrons. The van der Waals surface area contributed by atoms with Crippen molar-refractivity contribution in [1.82, 2.24) is 9.97 Å². The standard InChI is InChI=1S/C13H19Cl2N3/c1-2-9-3-5-10(6-4-9)7-16-12-11(14)8-17-13(15)18-12/h8-10H,2-7H2,1H3,(H,16,17,18). The topological polar surface area (TPSA) is 37.8 Å². The van der Waals surface area contributed by atoms with Crippen LogP contribution in [0, 0.1) is 11.8 Å². The van der Waals surface area contributed by atoms with E-state index in [2.05, 4.69) is 22.2 Å². The molecule has 0 spiro atoms. The lowest BCUT2D eigenvalue weighted by Gasteiger charge is -2.28. The number of hydrogen-bond acceptors (Lipinski definition) is 3. The van der Waals surface area contributed by atoms with Gasteiger partial charge in [0.1, 0.15) is 10.8 Å². The average Bonchev–Trinajstić information content (AvgIpc) is 2.40. The summed E-state index contributed by atoms with van der Waals surface area (Å²) in [6, 6.07) is 0. The molecule has 1 aliphatic carbocycles. The minimum absolute atomic E-state index is 0.233. The van der Waals surface area contributed by atoms with Gasteiger partial charge in [-0.2, -0.15) is 4.98 Å². The van der Waals surface area contributed by atoms with Crippen molar-refractivity contribution >= 4 is 29.0 Å². The second-order valence-electron chi connectivity index (χ2n) is 5.01. The third-order valence-electron chi connectivity index (χ3n) is 3.82. The van der Waals surface area contributed by atoms with E-state index < -0.39 is 0 Å². The highest BCUT2D eigenvalue weighted by molar-refractivity contribution is 6.33. The summed E-state index contributed by atoms with van der Waals surface area (Å²) in [5.74, 6) is 2.30. The molecule has 0 amide bonds. The van der Waals surface area contributed by atoms with E-state index in [1.165, 1.54) is 38.3 Å². The van der Waals surface area contributed by atoms with Crippen molar-refractivity contribution in [2.24, 2.45) is 11.8 Å². The molecular weight excluding hydrogens is 269 g/mol. The highest BCUT2D eigenvalue weighted by atomic mass is 35.5. The molecule has 1 saturated carbocycles. The van der Waals surface area contributed by atoms with Gasteiger partial charge in [-0.15, -0.1) is 0 Å². The van der Waals surface area contributed by atoms with E-state index in [9.17, 15) is 0 Å². The van der Waals surface area contributed by atoms with E-state index >= 15 is 0 Å². The van der Waals surface area contributed by atoms with Crippen LogP contribution >= 0.6 is 23.2 Å². The Hall–Kier alpha value is -0.540. The van der Waals surface area contributed by atoms with Gasteiger partial charge in [-0.3, -0.25) is 0 Å². The number of anilines is 1. The van der Waals surface area contributed by atoms with Crippen molar-refractivity contribution in [1.29, 1.82) is 0 Å². The fraction of sp³-hybridized carbons (Fsp3) is 0.692. The highest BCUT2D eigenvalue weighted by Gasteiger charge is 2.20. The Morgan fingerprint density at radius 1 is 1.22 bits per heavy atom. The molecule has 0 aromatic carbocycles. The highest BCUT2D eigenvalue weighted by Crippen LogP contribution is 2.31. The maximum absolute atomic E-state index is 6.01. The molecule has 0 aliphatic heterocycles. The molecule has 5 heteroatoms. The SMILES string of the molecule is CCC1CCC(CNc2nc(Cl)ncc2Cl)CC1. The molecule has 0 saturated heterocycles. The number of halogens is 2. The molecule has 1 aromatic rings. The van der Waals surface area contributed by atoms with Crippen LogP contribution in [0.15, 0.2) is 6.20 Å². The lowest BCUT2D eigenvalue weighted by molar-refractivity contribution is 0.278. The third kappa shape index (κ3) is 3.72. The zero-order valence-corrected chi connectivity index (χ0v) is 12.1. The van der Waals surface area contributed by atoms with E-state index in [1.54, 1.807) is 0 Å². The lowest BCUT2D eigenvalue weighted by Crippen LogP contribution is -2.21. The Kier molecular flexibility index (Phi) is 5.07. The van der Waals surface area contributed by atoms with Gasteiger partial charge in [0.05, 0.1) is 6.20 Å². The molecule has 0 unspecified atom stereocenters. The van der Waals surface area contributed by atoms with E-state index in [1.807, 2.05) is 0 Å². The minimum Gasteiger partial charge on any atom is -0.368 e. The fourth-order valence-electron chi connectivity index (χ4n) is 2.55. The van der Waals surface area contributed by atoms with E-state index in [0.29, 0.717) is 10.8 Å². The van der Waals surface area contributed by atoms with Crippen LogP contribution in [0.1, 0.15) is 39.0 Å². The van der Waals surface area contributed by atoms with Gasteiger partial charge in [-0.25, -0.2) is 4.98 Å². The molecule has 100 valence electrons. The first-order valence-electron chi connectivity index (χ1n) is 6.61. The van der Waals surface area contributed by atoms with Gasteiger partial charge in [0.15, 0.2) is 0 Å². The van der Waals surface area contributed by atoms with E-state index in [4.69, 9.17) is 23.2 Å². The van der Waals surface area contributed by atoms with Gasteiger partial charge in [-0.05, 0) is 36.3 Å². The molecule has 0 atom stereocenters. The Morgan fingerprint density at radius 2 is 1.89 bits per heavy atom. The molecule has 18 heavy (non-hydrogen) atoms. The maximum Gasteiger partial charge on any atom is 0.224 e. The molecule has 1 fully saturated rings. The quantitative estimate of drug-likeness (QED) is 0.834. The zero-order valence-electron chi connectivity index (χ0n) is 10.6. The van der Waals surface area contributed by atoms with Crippen molar-refractivity contribution in [2.75, 3.05) is 11.9 Å². The number of nitrogens with one attached hydrogen (secondary N) is 1. The predicted molar refractivity (Wildman–Crippen MR) is 76.3 cm³/mol. The molecule has 1 heterocycles. The Balaban J connectivity index is 1.83. The largest absolute Gasteiger partial charge is 0.368 e. The van der Waals surface area contributed by atoms with Gasteiger partial charge >= 0.3 is 0 Å². The van der Waals surface area contributed by atoms with Crippen LogP contribution in [0.3, 0.4) is 0 Å². The first-order valence-corrected chi connectivity index (χ1v) is 7.36. The lowest BCUT2D eigenvalue weighted by atomic mass is 9.81. The van der Waals surface area contributed by atoms with Gasteiger partial charge in [0, 0.05) is 6.54 Å². The second-order valence-corrected chi connectivity index (χ2v) is 5.76. The fourth-order valence-corrected chi connectivity index (χ4v) is 2.85. The summed E-state index contributed by atoms with van der Waals surface area (Å²) < 4.78 is 0. The van der Waals surface area contributed by atoms with Crippen LogP contribution in [0.25, 0.3) is 0 Å². The normalized spacial score (nSPS) is 23.9. The Bertz CT molecular complexity index is 390. The van der Waals surface area contributed by atoms with E-state index in [-0.39, 0.29) is 5.28 Å². The van der Waals surface area contributed by atoms with Crippen LogP contribution in [0.4, 0.5) is 5.82 Å². The van der Waals surface area contributed by atoms with Crippen LogP contribution in [-0.4, -0.2) is 16.5 Å². The first kappa shape index (κ1) is 13.9. The Labute approximate surface area is 118 Å². The molecule has 1 N–H and O–H groups in total. The monoisotopic (exact) mass is 287 g/mol. The van der Waals surface area contributed by atoms with Crippen LogP contribution in [0.2, 0.25) is 10.3 Å². The summed E-state index contributed by atoms with van der Waals surface area (Å²) in [6.45, 7) is 3.20. The summed E-state index contributed by atoms with van der Waals surface area (Å²) in [5.41, 5.74) is 0. The summed E-state index contributed by atoms with van der Waals surface area (Å²) in [5, 5.41) is 4.05. The first-order chi connectivity index (χ1) is 8.69. The summed E-state index contributed by atoms with van der Waals surface area (Å²) >= 11 is 11.8. The smallest absolute Gasteiger partial charge is 0.224 e. The Morgan fingerprint density at radius 3 is 2.56 bits per heavy atom. The second kappa shape index (κ2) is 6.58. The van der Waals surface area contributed by atoms with Crippen LogP contribution < -0.4 is 5.32 Å². The average molecular weight is 288 g/mol. The maximum atomic E-state index is 6.01. The van der Waals surface area contributed by atoms with Crippen molar-refractivity contribution in [2.45, 2.75) is 39.0 Å². The third-order valence-corrected chi connectivity index (χ3v) is 4.28. The van der Waals surface area contributed by atoms with E-state index in [0.717, 1.165) is 18.4 Å². The molecule has 1 aromatic heterocycles. The van der Waals surface area contributed by atoms with Crippen molar-refractivity contribution in [3.63, 3.8) is 0 Å². The van der Waals surface area contributed by atoms with Crippen LogP contribution in [-0.2, 0) is 0 Å². The van der Waals surface area contributed by atoms with Gasteiger partial charge < -0.3 is 5.32 Å². The summed E-state index contributed by atoms with van der Waals surface area (Å²) in [7, 11) is 0. The number of nitrogens with zero attached hydrogens (tertiary/aromatic N) is 2. The number of hydrogen-bond donors (Lipinski definition) is 1. The summed E-state index contributed by atoms with van der Waals surface area (Å²) in [6.07, 6.45) is 8.13. The molecule has 1 aliphatic rings. The van der Waals surface area contributed by atoms with Gasteiger partial charge in [-0.1, -0.05) is 37.8 Å². The van der Waals surface area contributed by atoms with Crippen LogP contribution in [0.5, 0.6) is 0 Å². The summed E-state index contributed by atoms with van der Waals surface area (Å²) in [4.78, 5) is 7.94. The van der Waals surface area contributed by atoms with Crippen molar-refractivity contribution < 1.29 is 0 Å². The van der Waals surface area contributed by atoms with Crippen molar-refractivity contribution in [3.05, 3.63) is 16.5 Å². The van der Waals surface area contributed by atoms with Gasteiger partial charge in [0.2, 0.25) is 5.28 Å². The molecule has 0 bridgehead atoms. The molecule has 2 rings (SSSR count).